The van der Waals surface area contributed by atoms with Gasteiger partial charge in [0.05, 0.1) is 11.7 Å². The van der Waals surface area contributed by atoms with Crippen LogP contribution in [0.2, 0.25) is 0 Å². The molecule has 0 saturated heterocycles. The minimum absolute atomic E-state index is 0.158. The van der Waals surface area contributed by atoms with E-state index in [1.165, 1.54) is 5.57 Å². The molecule has 2 N–H and O–H groups in total. The topological polar surface area (TPSA) is 60.8 Å². The molecule has 1 saturated carbocycles. The van der Waals surface area contributed by atoms with Gasteiger partial charge >= 0.3 is 0 Å². The van der Waals surface area contributed by atoms with Gasteiger partial charge in [-0.3, -0.25) is 4.79 Å². The van der Waals surface area contributed by atoms with Crippen molar-refractivity contribution in [2.45, 2.75) is 63.6 Å². The molecule has 0 spiro atoms. The van der Waals surface area contributed by atoms with Crippen LogP contribution in [0, 0.1) is 17.8 Å². The minimum Gasteiger partial charge on any atom is -0.392 e. The molecule has 164 valence electrons. The Hall–Kier alpha value is -1.91. The molecule has 1 fully saturated rings. The van der Waals surface area contributed by atoms with Crippen molar-refractivity contribution >= 4 is 5.91 Å². The van der Waals surface area contributed by atoms with Crippen molar-refractivity contribution in [2.75, 3.05) is 14.1 Å². The van der Waals surface area contributed by atoms with E-state index in [2.05, 4.69) is 12.2 Å². The SMILES string of the molecule is CN(C)C(=O)CCCCC1=C[C@H]2C[C@@H](O)[C@H](/C=C/C[C@@](C)(O)c3ccccc3)[C@H]2C1. The van der Waals surface area contributed by atoms with E-state index in [4.69, 9.17) is 0 Å². The van der Waals surface area contributed by atoms with Crippen LogP contribution < -0.4 is 0 Å². The number of fused-ring (bicyclic) bond motifs is 1. The predicted molar refractivity (Wildman–Crippen MR) is 121 cm³/mol. The number of carbonyl (C=O) groups is 1. The van der Waals surface area contributed by atoms with E-state index in [0.717, 1.165) is 37.7 Å². The molecule has 2 aliphatic rings. The molecule has 0 radical (unpaired) electrons. The number of nitrogens with zero attached hydrogens (tertiary/aromatic N) is 1. The normalized spacial score (nSPS) is 27.7. The third kappa shape index (κ3) is 5.61. The number of benzene rings is 1. The van der Waals surface area contributed by atoms with Crippen molar-refractivity contribution in [3.63, 3.8) is 0 Å². The molecule has 4 heteroatoms. The van der Waals surface area contributed by atoms with E-state index in [1.807, 2.05) is 43.3 Å². The maximum atomic E-state index is 11.7. The van der Waals surface area contributed by atoms with E-state index in [1.54, 1.807) is 19.0 Å². The van der Waals surface area contributed by atoms with E-state index in [0.29, 0.717) is 24.7 Å². The van der Waals surface area contributed by atoms with Crippen LogP contribution in [0.3, 0.4) is 0 Å². The summed E-state index contributed by atoms with van der Waals surface area (Å²) in [7, 11) is 3.61. The Morgan fingerprint density at radius 3 is 2.67 bits per heavy atom. The van der Waals surface area contributed by atoms with Gasteiger partial charge in [0, 0.05) is 26.4 Å². The highest BCUT2D eigenvalue weighted by Gasteiger charge is 2.43. The van der Waals surface area contributed by atoms with Gasteiger partial charge in [0.2, 0.25) is 5.91 Å². The molecule has 1 aromatic carbocycles. The van der Waals surface area contributed by atoms with Gasteiger partial charge in [-0.05, 0) is 62.8 Å². The van der Waals surface area contributed by atoms with Crippen molar-refractivity contribution in [3.05, 3.63) is 59.7 Å². The smallest absolute Gasteiger partial charge is 0.222 e. The second kappa shape index (κ2) is 9.93. The minimum atomic E-state index is -0.899. The van der Waals surface area contributed by atoms with Crippen molar-refractivity contribution in [2.24, 2.45) is 17.8 Å². The number of unbranched alkanes of at least 4 members (excludes halogenated alkanes) is 1. The van der Waals surface area contributed by atoms with Gasteiger partial charge in [-0.1, -0.05) is 54.1 Å². The monoisotopic (exact) mass is 411 g/mol. The highest BCUT2D eigenvalue weighted by Crippen LogP contribution is 2.48. The average Bonchev–Trinajstić information content (AvgIpc) is 3.23. The Bertz CT molecular complexity index is 766. The van der Waals surface area contributed by atoms with Crippen LogP contribution in [0.1, 0.15) is 57.4 Å². The van der Waals surface area contributed by atoms with Crippen LogP contribution in [0.4, 0.5) is 0 Å². The van der Waals surface area contributed by atoms with Crippen LogP contribution in [0.5, 0.6) is 0 Å². The zero-order valence-corrected chi connectivity index (χ0v) is 18.6. The Balaban J connectivity index is 1.49. The number of carbonyl (C=O) groups excluding carboxylic acids is 1. The number of rotatable bonds is 9. The predicted octanol–water partition coefficient (Wildman–Crippen LogP) is 4.43. The molecule has 0 aromatic heterocycles. The van der Waals surface area contributed by atoms with Crippen LogP contribution >= 0.6 is 0 Å². The second-order valence-electron chi connectivity index (χ2n) is 9.50. The fourth-order valence-corrected chi connectivity index (χ4v) is 5.01. The maximum Gasteiger partial charge on any atom is 0.222 e. The van der Waals surface area contributed by atoms with Gasteiger partial charge in [0.25, 0.3) is 0 Å². The van der Waals surface area contributed by atoms with Crippen molar-refractivity contribution < 1.29 is 15.0 Å². The van der Waals surface area contributed by atoms with Crippen LogP contribution in [0.15, 0.2) is 54.1 Å². The highest BCUT2D eigenvalue weighted by atomic mass is 16.3. The first kappa shape index (κ1) is 22.8. The zero-order valence-electron chi connectivity index (χ0n) is 18.6. The van der Waals surface area contributed by atoms with E-state index in [9.17, 15) is 15.0 Å². The summed E-state index contributed by atoms with van der Waals surface area (Å²) in [6, 6.07) is 9.75. The summed E-state index contributed by atoms with van der Waals surface area (Å²) in [4.78, 5) is 13.4. The summed E-state index contributed by atoms with van der Waals surface area (Å²) < 4.78 is 0. The molecular weight excluding hydrogens is 374 g/mol. The van der Waals surface area contributed by atoms with Crippen LogP contribution in [-0.4, -0.2) is 41.2 Å². The van der Waals surface area contributed by atoms with Gasteiger partial charge < -0.3 is 15.1 Å². The average molecular weight is 412 g/mol. The summed E-state index contributed by atoms with van der Waals surface area (Å²) in [6.07, 6.45) is 12.4. The molecule has 0 heterocycles. The second-order valence-corrected chi connectivity index (χ2v) is 9.50. The number of aliphatic hydroxyl groups is 2. The fraction of sp³-hybridized carbons (Fsp3) is 0.577. The molecule has 5 atom stereocenters. The van der Waals surface area contributed by atoms with Crippen molar-refractivity contribution in [1.29, 1.82) is 0 Å². The van der Waals surface area contributed by atoms with E-state index < -0.39 is 5.60 Å². The molecular formula is C26H37NO3. The third-order valence-electron chi connectivity index (χ3n) is 6.86. The standard InChI is InChI=1S/C26H37NO3/c1-26(30,21-11-5-4-6-12-21)15-9-13-22-23-17-19(16-20(23)18-24(22)28)10-7-8-14-25(29)27(2)3/h4-6,9,11-13,16,20,22-24,28,30H,7-8,10,14-15,17-18H2,1-3H3/b13-9+/t20-,22+,23-,24+,26+/m0/s1. The lowest BCUT2D eigenvalue weighted by Gasteiger charge is -2.23. The van der Waals surface area contributed by atoms with Crippen LogP contribution in [0.25, 0.3) is 0 Å². The van der Waals surface area contributed by atoms with E-state index in [-0.39, 0.29) is 17.9 Å². The first-order valence-corrected chi connectivity index (χ1v) is 11.3. The van der Waals surface area contributed by atoms with Gasteiger partial charge in [-0.2, -0.15) is 0 Å². The molecule has 30 heavy (non-hydrogen) atoms. The van der Waals surface area contributed by atoms with Gasteiger partial charge in [0.15, 0.2) is 0 Å². The molecule has 1 amide bonds. The first-order chi connectivity index (χ1) is 14.3. The Morgan fingerprint density at radius 1 is 1.23 bits per heavy atom. The van der Waals surface area contributed by atoms with Gasteiger partial charge in [-0.25, -0.2) is 0 Å². The molecule has 0 aliphatic heterocycles. The summed E-state index contributed by atoms with van der Waals surface area (Å²) in [5, 5.41) is 21.4. The lowest BCUT2D eigenvalue weighted by molar-refractivity contribution is -0.128. The molecule has 2 aliphatic carbocycles. The molecule has 0 bridgehead atoms. The summed E-state index contributed by atoms with van der Waals surface area (Å²) in [5.74, 6) is 1.29. The van der Waals surface area contributed by atoms with E-state index >= 15 is 0 Å². The van der Waals surface area contributed by atoms with Crippen molar-refractivity contribution in [3.8, 4) is 0 Å². The van der Waals surface area contributed by atoms with Crippen molar-refractivity contribution in [1.82, 2.24) is 4.90 Å². The first-order valence-electron chi connectivity index (χ1n) is 11.3. The third-order valence-corrected chi connectivity index (χ3v) is 6.86. The lowest BCUT2D eigenvalue weighted by Crippen LogP contribution is -2.21. The molecule has 4 nitrogen and oxygen atoms in total. The molecule has 0 unspecified atom stereocenters. The Morgan fingerprint density at radius 2 is 1.97 bits per heavy atom. The molecule has 1 aromatic rings. The summed E-state index contributed by atoms with van der Waals surface area (Å²) in [5.41, 5.74) is 1.50. The largest absolute Gasteiger partial charge is 0.392 e. The summed E-state index contributed by atoms with van der Waals surface area (Å²) >= 11 is 0. The maximum absolute atomic E-state index is 11.7. The van der Waals surface area contributed by atoms with Gasteiger partial charge in [-0.15, -0.1) is 0 Å². The fourth-order valence-electron chi connectivity index (χ4n) is 5.01. The lowest BCUT2D eigenvalue weighted by atomic mass is 9.87. The highest BCUT2D eigenvalue weighted by molar-refractivity contribution is 5.75. The number of hydrogen-bond acceptors (Lipinski definition) is 3. The molecule has 3 rings (SSSR count). The van der Waals surface area contributed by atoms with Crippen LogP contribution in [-0.2, 0) is 10.4 Å². The quantitative estimate of drug-likeness (QED) is 0.467. The Kier molecular flexibility index (Phi) is 7.54. The van der Waals surface area contributed by atoms with Gasteiger partial charge in [0.1, 0.15) is 0 Å². The number of allylic oxidation sites excluding steroid dienone is 2. The number of aliphatic hydroxyl groups excluding tert-OH is 1. The zero-order chi connectivity index (χ0) is 21.7. The number of hydrogen-bond donors (Lipinski definition) is 2. The number of amides is 1. The Labute approximate surface area is 181 Å². The summed E-state index contributed by atoms with van der Waals surface area (Å²) in [6.45, 7) is 1.84.